The summed E-state index contributed by atoms with van der Waals surface area (Å²) >= 11 is 0. The van der Waals surface area contributed by atoms with Crippen LogP contribution in [0.4, 0.5) is 5.69 Å². The highest BCUT2D eigenvalue weighted by atomic mass is 16.5. The summed E-state index contributed by atoms with van der Waals surface area (Å²) in [5.41, 5.74) is 7.52. The molecule has 18 heavy (non-hydrogen) atoms. The van der Waals surface area contributed by atoms with Crippen LogP contribution >= 0.6 is 0 Å². The van der Waals surface area contributed by atoms with Gasteiger partial charge in [-0.1, -0.05) is 0 Å². The van der Waals surface area contributed by atoms with Gasteiger partial charge in [0.05, 0.1) is 19.9 Å². The van der Waals surface area contributed by atoms with Crippen LogP contribution in [-0.2, 0) is 0 Å². The van der Waals surface area contributed by atoms with Crippen molar-refractivity contribution in [2.45, 2.75) is 32.7 Å². The van der Waals surface area contributed by atoms with E-state index in [0.29, 0.717) is 6.54 Å². The number of nitrogens with one attached hydrogen (secondary N) is 1. The van der Waals surface area contributed by atoms with E-state index in [4.69, 9.17) is 15.2 Å². The molecule has 1 aromatic rings. The van der Waals surface area contributed by atoms with Gasteiger partial charge >= 0.3 is 0 Å². The molecule has 0 radical (unpaired) electrons. The number of nitrogens with two attached hydrogens (primary N) is 1. The fourth-order valence-corrected chi connectivity index (χ4v) is 1.94. The van der Waals surface area contributed by atoms with Gasteiger partial charge in [0.15, 0.2) is 0 Å². The Morgan fingerprint density at radius 2 is 1.78 bits per heavy atom. The van der Waals surface area contributed by atoms with E-state index in [2.05, 4.69) is 19.2 Å². The molecular formula is C14H24N2O2. The molecule has 0 bridgehead atoms. The van der Waals surface area contributed by atoms with E-state index in [1.165, 1.54) is 0 Å². The Hall–Kier alpha value is -1.42. The zero-order chi connectivity index (χ0) is 13.8. The van der Waals surface area contributed by atoms with E-state index in [1.54, 1.807) is 14.2 Å². The van der Waals surface area contributed by atoms with Crippen LogP contribution in [0.2, 0.25) is 0 Å². The Kier molecular flexibility index (Phi) is 4.84. The molecule has 0 unspecified atom stereocenters. The quantitative estimate of drug-likeness (QED) is 0.817. The second-order valence-electron chi connectivity index (χ2n) is 5.07. The van der Waals surface area contributed by atoms with Gasteiger partial charge in [-0.3, -0.25) is 0 Å². The lowest BCUT2D eigenvalue weighted by Gasteiger charge is -2.28. The molecule has 4 heteroatoms. The van der Waals surface area contributed by atoms with Crippen molar-refractivity contribution in [2.24, 2.45) is 5.73 Å². The SMILES string of the molecule is COc1cc(NC(C)(C)CCN)c(OC)cc1C. The lowest BCUT2D eigenvalue weighted by Crippen LogP contribution is -2.33. The van der Waals surface area contributed by atoms with Crippen LogP contribution in [0.25, 0.3) is 0 Å². The van der Waals surface area contributed by atoms with E-state index in [1.807, 2.05) is 19.1 Å². The van der Waals surface area contributed by atoms with Crippen molar-refractivity contribution in [1.29, 1.82) is 0 Å². The summed E-state index contributed by atoms with van der Waals surface area (Å²) in [7, 11) is 3.34. The first-order valence-corrected chi connectivity index (χ1v) is 6.14. The summed E-state index contributed by atoms with van der Waals surface area (Å²) in [6, 6.07) is 3.94. The van der Waals surface area contributed by atoms with Gasteiger partial charge in [0.1, 0.15) is 11.5 Å². The molecule has 1 rings (SSSR count). The van der Waals surface area contributed by atoms with Crippen molar-refractivity contribution in [2.75, 3.05) is 26.1 Å². The normalized spacial score (nSPS) is 11.2. The monoisotopic (exact) mass is 252 g/mol. The third kappa shape index (κ3) is 3.53. The number of methoxy groups -OCH3 is 2. The van der Waals surface area contributed by atoms with E-state index < -0.39 is 0 Å². The van der Waals surface area contributed by atoms with Crippen molar-refractivity contribution in [3.63, 3.8) is 0 Å². The van der Waals surface area contributed by atoms with Gasteiger partial charge in [-0.15, -0.1) is 0 Å². The number of ether oxygens (including phenoxy) is 2. The number of benzene rings is 1. The molecule has 0 atom stereocenters. The average molecular weight is 252 g/mol. The molecule has 0 aliphatic carbocycles. The average Bonchev–Trinajstić information content (AvgIpc) is 2.30. The summed E-state index contributed by atoms with van der Waals surface area (Å²) in [6.07, 6.45) is 0.881. The minimum absolute atomic E-state index is 0.0811. The minimum Gasteiger partial charge on any atom is -0.496 e. The molecule has 0 fully saturated rings. The first-order valence-electron chi connectivity index (χ1n) is 6.14. The predicted octanol–water partition coefficient (Wildman–Crippen LogP) is 2.55. The van der Waals surface area contributed by atoms with Crippen molar-refractivity contribution in [3.8, 4) is 11.5 Å². The Balaban J connectivity index is 3.06. The fraction of sp³-hybridized carbons (Fsp3) is 0.571. The molecule has 3 N–H and O–H groups in total. The molecule has 0 heterocycles. The number of hydrogen-bond acceptors (Lipinski definition) is 4. The highest BCUT2D eigenvalue weighted by molar-refractivity contribution is 5.63. The summed E-state index contributed by atoms with van der Waals surface area (Å²) < 4.78 is 10.7. The van der Waals surface area contributed by atoms with Crippen molar-refractivity contribution in [1.82, 2.24) is 0 Å². The van der Waals surface area contributed by atoms with E-state index >= 15 is 0 Å². The Bertz CT molecular complexity index is 403. The van der Waals surface area contributed by atoms with E-state index in [0.717, 1.165) is 29.2 Å². The highest BCUT2D eigenvalue weighted by Gasteiger charge is 2.19. The van der Waals surface area contributed by atoms with Crippen LogP contribution in [-0.4, -0.2) is 26.3 Å². The van der Waals surface area contributed by atoms with Gasteiger partial charge in [0.2, 0.25) is 0 Å². The smallest absolute Gasteiger partial charge is 0.142 e. The molecule has 0 saturated heterocycles. The topological polar surface area (TPSA) is 56.5 Å². The minimum atomic E-state index is -0.0811. The zero-order valence-electron chi connectivity index (χ0n) is 12.0. The van der Waals surface area contributed by atoms with Gasteiger partial charge in [-0.05, 0) is 45.4 Å². The number of rotatable bonds is 6. The Morgan fingerprint density at radius 1 is 1.17 bits per heavy atom. The third-order valence-electron chi connectivity index (χ3n) is 2.96. The number of hydrogen-bond donors (Lipinski definition) is 2. The van der Waals surface area contributed by atoms with Crippen LogP contribution in [0.1, 0.15) is 25.8 Å². The summed E-state index contributed by atoms with van der Waals surface area (Å²) in [4.78, 5) is 0. The molecule has 0 aliphatic heterocycles. The van der Waals surface area contributed by atoms with Crippen molar-refractivity contribution in [3.05, 3.63) is 17.7 Å². The van der Waals surface area contributed by atoms with E-state index in [-0.39, 0.29) is 5.54 Å². The largest absolute Gasteiger partial charge is 0.496 e. The summed E-state index contributed by atoms with van der Waals surface area (Å²) in [5, 5.41) is 3.46. The lowest BCUT2D eigenvalue weighted by molar-refractivity contribution is 0.400. The molecule has 102 valence electrons. The van der Waals surface area contributed by atoms with Gasteiger partial charge < -0.3 is 20.5 Å². The maximum atomic E-state index is 5.62. The molecule has 0 aliphatic rings. The number of aryl methyl sites for hydroxylation is 1. The molecule has 0 amide bonds. The van der Waals surface area contributed by atoms with Gasteiger partial charge in [0.25, 0.3) is 0 Å². The second-order valence-corrected chi connectivity index (χ2v) is 5.07. The van der Waals surface area contributed by atoms with Crippen LogP contribution in [0.15, 0.2) is 12.1 Å². The molecule has 0 spiro atoms. The second kappa shape index (κ2) is 5.96. The Morgan fingerprint density at radius 3 is 2.28 bits per heavy atom. The number of anilines is 1. The summed E-state index contributed by atoms with van der Waals surface area (Å²) in [6.45, 7) is 6.87. The van der Waals surface area contributed by atoms with Crippen molar-refractivity contribution < 1.29 is 9.47 Å². The Labute approximate surface area is 109 Å². The predicted molar refractivity (Wildman–Crippen MR) is 75.7 cm³/mol. The van der Waals surface area contributed by atoms with Crippen molar-refractivity contribution >= 4 is 5.69 Å². The van der Waals surface area contributed by atoms with Crippen LogP contribution in [0.3, 0.4) is 0 Å². The highest BCUT2D eigenvalue weighted by Crippen LogP contribution is 2.34. The molecular weight excluding hydrogens is 228 g/mol. The fourth-order valence-electron chi connectivity index (χ4n) is 1.94. The molecule has 0 saturated carbocycles. The van der Waals surface area contributed by atoms with Crippen LogP contribution < -0.4 is 20.5 Å². The van der Waals surface area contributed by atoms with Crippen LogP contribution in [0.5, 0.6) is 11.5 Å². The maximum Gasteiger partial charge on any atom is 0.142 e. The maximum absolute atomic E-state index is 5.62. The molecule has 4 nitrogen and oxygen atoms in total. The van der Waals surface area contributed by atoms with Gasteiger partial charge in [-0.25, -0.2) is 0 Å². The first-order chi connectivity index (χ1) is 8.43. The zero-order valence-corrected chi connectivity index (χ0v) is 12.0. The lowest BCUT2D eigenvalue weighted by atomic mass is 10.00. The van der Waals surface area contributed by atoms with E-state index in [9.17, 15) is 0 Å². The third-order valence-corrected chi connectivity index (χ3v) is 2.96. The standard InChI is InChI=1S/C14H24N2O2/c1-10-8-13(18-5)11(9-12(10)17-4)16-14(2,3)6-7-15/h8-9,16H,6-7,15H2,1-5H3. The molecule has 0 aromatic heterocycles. The van der Waals surface area contributed by atoms with Gasteiger partial charge in [0, 0.05) is 11.6 Å². The molecule has 1 aromatic carbocycles. The van der Waals surface area contributed by atoms with Gasteiger partial charge in [-0.2, -0.15) is 0 Å². The van der Waals surface area contributed by atoms with Crippen LogP contribution in [0, 0.1) is 6.92 Å². The summed E-state index contributed by atoms with van der Waals surface area (Å²) in [5.74, 6) is 1.67. The first kappa shape index (κ1) is 14.6.